The van der Waals surface area contributed by atoms with Gasteiger partial charge in [0, 0.05) is 12.2 Å². The number of hydrogen-bond donors (Lipinski definition) is 0. The molecule has 0 aromatic carbocycles. The van der Waals surface area contributed by atoms with Gasteiger partial charge >= 0.3 is 35.0 Å². The molecule has 0 spiro atoms. The molecule has 0 N–H and O–H groups in total. The third kappa shape index (κ3) is 25.0. The summed E-state index contributed by atoms with van der Waals surface area (Å²) in [6, 6.07) is 0. The van der Waals surface area contributed by atoms with Crippen LogP contribution in [-0.2, 0) is 28.7 Å². The van der Waals surface area contributed by atoms with E-state index in [2.05, 4.69) is 22.6 Å². The molecule has 0 fully saturated rings. The second-order valence-corrected chi connectivity index (χ2v) is 3.14. The number of ether oxygens (including phenoxy) is 2. The Morgan fingerprint density at radius 2 is 1.04 bits per heavy atom. The van der Waals surface area contributed by atoms with Gasteiger partial charge in [-0.1, -0.05) is 25.3 Å². The van der Waals surface area contributed by atoms with Crippen molar-refractivity contribution < 1.29 is 38.9 Å². The zero-order valence-electron chi connectivity index (χ0n) is 12.3. The average Bonchev–Trinajstić information content (AvgIpc) is 2.47. The molecule has 120 valence electrons. The fourth-order valence-corrected chi connectivity index (χ4v) is 0.651. The van der Waals surface area contributed by atoms with Gasteiger partial charge in [-0.2, -0.15) is 0 Å². The number of carboxylic acid groups (broad SMARTS) is 2. The van der Waals surface area contributed by atoms with E-state index >= 15 is 0 Å². The van der Waals surface area contributed by atoms with E-state index in [1.165, 1.54) is 12.2 Å². The minimum Gasteiger partial charge on any atom is -0.545 e. The maximum Gasteiger partial charge on any atom is 2.00 e. The van der Waals surface area contributed by atoms with Crippen molar-refractivity contribution in [2.24, 2.45) is 0 Å². The normalized spacial score (nSPS) is 9.04. The van der Waals surface area contributed by atoms with Crippen LogP contribution in [0.5, 0.6) is 0 Å². The maximum absolute atomic E-state index is 10.5. The van der Waals surface area contributed by atoms with Gasteiger partial charge < -0.3 is 29.3 Å². The quantitative estimate of drug-likeness (QED) is 0.209. The van der Waals surface area contributed by atoms with Crippen LogP contribution in [0.15, 0.2) is 49.6 Å². The van der Waals surface area contributed by atoms with Crippen LogP contribution in [-0.4, -0.2) is 60.1 Å². The monoisotopic (exact) mass is 334 g/mol. The smallest absolute Gasteiger partial charge is 0.545 e. The molecule has 9 heteroatoms. The topological polar surface area (TPSA) is 133 Å². The van der Waals surface area contributed by atoms with Crippen molar-refractivity contribution in [3.63, 3.8) is 0 Å². The van der Waals surface area contributed by atoms with Gasteiger partial charge in [0.15, 0.2) is 0 Å². The van der Waals surface area contributed by atoms with Crippen LogP contribution in [0.4, 0.5) is 0 Å². The van der Waals surface area contributed by atoms with Gasteiger partial charge in [0.2, 0.25) is 0 Å². The third-order valence-electron chi connectivity index (χ3n) is 1.40. The molecule has 0 aliphatic heterocycles. The van der Waals surface area contributed by atoms with Crippen LogP contribution < -0.4 is 10.2 Å². The first kappa shape index (κ1) is 25.6. The van der Waals surface area contributed by atoms with Gasteiger partial charge in [0.25, 0.3) is 0 Å². The van der Waals surface area contributed by atoms with E-state index in [1.54, 1.807) is 0 Å². The molecule has 0 aliphatic carbocycles. The second-order valence-electron chi connectivity index (χ2n) is 3.14. The summed E-state index contributed by atoms with van der Waals surface area (Å²) in [6.45, 7) is 6.73. The van der Waals surface area contributed by atoms with Crippen LogP contribution in [0.1, 0.15) is 0 Å². The van der Waals surface area contributed by atoms with Crippen molar-refractivity contribution in [3.8, 4) is 0 Å². The molecule has 0 atom stereocenters. The van der Waals surface area contributed by atoms with Crippen molar-refractivity contribution in [3.05, 3.63) is 49.6 Å². The minimum atomic E-state index is -1.43. The van der Waals surface area contributed by atoms with E-state index in [9.17, 15) is 29.4 Å². The number of carbonyl (C=O) groups is 4. The zero-order chi connectivity index (χ0) is 17.4. The molecule has 0 saturated heterocycles. The predicted molar refractivity (Wildman–Crippen MR) is 76.4 cm³/mol. The standard InChI is InChI=1S/2C7H8O4.Mg/c2*1-2-5-11-7(10)4-3-6(8)9;/h2*2-4H,1,5H2,(H,8,9);/q;;+2/p-2. The summed E-state index contributed by atoms with van der Waals surface area (Å²) in [5, 5.41) is 19.5. The number of rotatable bonds is 8. The first-order chi connectivity index (χ1) is 10.3. The van der Waals surface area contributed by atoms with Crippen LogP contribution in [0.25, 0.3) is 0 Å². The fraction of sp³-hybridized carbons (Fsp3) is 0.143. The summed E-state index contributed by atoms with van der Waals surface area (Å²) in [4.78, 5) is 40.4. The molecule has 0 aromatic heterocycles. The molecule has 0 radical (unpaired) electrons. The first-order valence-electron chi connectivity index (χ1n) is 5.66. The maximum atomic E-state index is 10.5. The van der Waals surface area contributed by atoms with E-state index in [1.807, 2.05) is 0 Å². The Morgan fingerprint density at radius 1 is 0.739 bits per heavy atom. The summed E-state index contributed by atoms with van der Waals surface area (Å²) < 4.78 is 8.81. The van der Waals surface area contributed by atoms with Crippen LogP contribution in [0, 0.1) is 0 Å². The number of carboxylic acids is 2. The average molecular weight is 335 g/mol. The number of aliphatic carboxylic acids is 2. The number of esters is 2. The molecule has 0 heterocycles. The fourth-order valence-electron chi connectivity index (χ4n) is 0.651. The largest absolute Gasteiger partial charge is 2.00 e. The molecule has 0 amide bonds. The number of carbonyl (C=O) groups excluding carboxylic acids is 4. The first-order valence-corrected chi connectivity index (χ1v) is 5.66. The Labute approximate surface area is 148 Å². The van der Waals surface area contributed by atoms with Gasteiger partial charge in [0.1, 0.15) is 13.2 Å². The van der Waals surface area contributed by atoms with E-state index in [0.717, 1.165) is 12.2 Å². The minimum absolute atomic E-state index is 0. The van der Waals surface area contributed by atoms with Crippen molar-refractivity contribution in [2.75, 3.05) is 13.2 Å². The predicted octanol–water partition coefficient (Wildman–Crippen LogP) is -2.34. The summed E-state index contributed by atoms with van der Waals surface area (Å²) in [5.74, 6) is -4.32. The molecular formula is C14H14MgO8. The number of hydrogen-bond acceptors (Lipinski definition) is 8. The van der Waals surface area contributed by atoms with Crippen LogP contribution in [0.3, 0.4) is 0 Å². The molecule has 23 heavy (non-hydrogen) atoms. The molecule has 0 rings (SSSR count). The van der Waals surface area contributed by atoms with E-state index in [4.69, 9.17) is 0 Å². The van der Waals surface area contributed by atoms with Crippen LogP contribution >= 0.6 is 0 Å². The van der Waals surface area contributed by atoms with E-state index < -0.39 is 23.9 Å². The summed E-state index contributed by atoms with van der Waals surface area (Å²) in [7, 11) is 0. The van der Waals surface area contributed by atoms with Gasteiger partial charge in [-0.15, -0.1) is 0 Å². The van der Waals surface area contributed by atoms with E-state index in [-0.39, 0.29) is 36.3 Å². The Kier molecular flexibility index (Phi) is 19.6. The summed E-state index contributed by atoms with van der Waals surface area (Å²) in [6.07, 6.45) is 5.52. The van der Waals surface area contributed by atoms with Gasteiger partial charge in [-0.25, -0.2) is 9.59 Å². The van der Waals surface area contributed by atoms with Crippen molar-refractivity contribution in [1.29, 1.82) is 0 Å². The van der Waals surface area contributed by atoms with Crippen molar-refractivity contribution in [1.82, 2.24) is 0 Å². The van der Waals surface area contributed by atoms with Crippen LogP contribution in [0.2, 0.25) is 0 Å². The molecule has 8 nitrogen and oxygen atoms in total. The van der Waals surface area contributed by atoms with Crippen molar-refractivity contribution >= 4 is 46.9 Å². The molecule has 0 unspecified atom stereocenters. The van der Waals surface area contributed by atoms with Gasteiger partial charge in [0.05, 0.1) is 11.9 Å². The molecule has 0 aromatic rings. The summed E-state index contributed by atoms with van der Waals surface area (Å²) in [5.41, 5.74) is 0. The van der Waals surface area contributed by atoms with Gasteiger partial charge in [-0.3, -0.25) is 0 Å². The second kappa shape index (κ2) is 17.7. The Bertz CT molecular complexity index is 435. The molecular weight excluding hydrogens is 320 g/mol. The molecule has 0 saturated carbocycles. The van der Waals surface area contributed by atoms with E-state index in [0.29, 0.717) is 12.2 Å². The third-order valence-corrected chi connectivity index (χ3v) is 1.40. The zero-order valence-corrected chi connectivity index (χ0v) is 13.7. The van der Waals surface area contributed by atoms with Crippen molar-refractivity contribution in [2.45, 2.75) is 0 Å². The SMILES string of the molecule is C=CCOC(=O)C=CC(=O)[O-].C=CCOC(=O)C=CC(=O)[O-].[Mg+2]. The van der Waals surface area contributed by atoms with Gasteiger partial charge in [-0.05, 0) is 12.2 Å². The Hall–Kier alpha value is -2.39. The molecule has 0 bridgehead atoms. The Balaban J connectivity index is -0.000000333. The Morgan fingerprint density at radius 3 is 1.26 bits per heavy atom. The summed E-state index contributed by atoms with van der Waals surface area (Å²) >= 11 is 0. The molecule has 0 aliphatic rings.